The monoisotopic (exact) mass is 422 g/mol. The Hall–Kier alpha value is -2.75. The number of nitrogen functional groups attached to an aromatic ring is 1. The summed E-state index contributed by atoms with van der Waals surface area (Å²) in [7, 11) is 0. The van der Waals surface area contributed by atoms with Crippen molar-refractivity contribution >= 4 is 45.2 Å². The minimum absolute atomic E-state index is 0.188. The van der Waals surface area contributed by atoms with E-state index in [2.05, 4.69) is 15.3 Å². The standard InChI is InChI=1S/C19H26N4O5S/c1-5-27-19(26)16-11(4)15-17(20)22-12(23-18(15)29-16)9-28-14(25)8-21-13(24)7-6-10(2)3/h10H,5-9H2,1-4H3,(H,21,24)(H2,20,22,23). The van der Waals surface area contributed by atoms with Crippen LogP contribution < -0.4 is 11.1 Å². The number of rotatable bonds is 9. The number of esters is 2. The van der Waals surface area contributed by atoms with Crippen molar-refractivity contribution in [3.63, 3.8) is 0 Å². The van der Waals surface area contributed by atoms with Crippen molar-refractivity contribution < 1.29 is 23.9 Å². The summed E-state index contributed by atoms with van der Waals surface area (Å²) >= 11 is 1.15. The number of hydrogen-bond donors (Lipinski definition) is 2. The number of nitrogens with one attached hydrogen (secondary N) is 1. The van der Waals surface area contributed by atoms with Crippen molar-refractivity contribution in [1.29, 1.82) is 0 Å². The summed E-state index contributed by atoms with van der Waals surface area (Å²) in [5.74, 6) is -0.402. The molecule has 0 spiro atoms. The van der Waals surface area contributed by atoms with Crippen molar-refractivity contribution in [2.45, 2.75) is 47.1 Å². The maximum absolute atomic E-state index is 12.1. The fraction of sp³-hybridized carbons (Fsp3) is 0.526. The van der Waals surface area contributed by atoms with E-state index in [4.69, 9.17) is 15.2 Å². The lowest BCUT2D eigenvalue weighted by Gasteiger charge is -2.07. The van der Waals surface area contributed by atoms with Crippen LogP contribution in [0.2, 0.25) is 0 Å². The molecule has 0 atom stereocenters. The SMILES string of the molecule is CCOC(=O)c1sc2nc(COC(=O)CNC(=O)CCC(C)C)nc(N)c2c1C. The number of fused-ring (bicyclic) bond motifs is 1. The molecular weight excluding hydrogens is 396 g/mol. The van der Waals surface area contributed by atoms with Gasteiger partial charge in [0.25, 0.3) is 0 Å². The summed E-state index contributed by atoms with van der Waals surface area (Å²) in [6.45, 7) is 7.39. The van der Waals surface area contributed by atoms with Crippen molar-refractivity contribution in [2.24, 2.45) is 5.92 Å². The minimum atomic E-state index is -0.597. The van der Waals surface area contributed by atoms with Crippen LogP contribution in [-0.2, 0) is 25.7 Å². The minimum Gasteiger partial charge on any atom is -0.462 e. The quantitative estimate of drug-likeness (QED) is 0.588. The van der Waals surface area contributed by atoms with Gasteiger partial charge in [-0.1, -0.05) is 13.8 Å². The third-order valence-electron chi connectivity index (χ3n) is 4.07. The van der Waals surface area contributed by atoms with Crippen LogP contribution in [0.5, 0.6) is 0 Å². The smallest absolute Gasteiger partial charge is 0.348 e. The molecular formula is C19H26N4O5S. The molecule has 0 aliphatic carbocycles. The lowest BCUT2D eigenvalue weighted by atomic mass is 10.1. The van der Waals surface area contributed by atoms with E-state index < -0.39 is 11.9 Å². The average Bonchev–Trinajstić information content (AvgIpc) is 3.00. The third-order valence-corrected chi connectivity index (χ3v) is 5.23. The van der Waals surface area contributed by atoms with E-state index in [-0.39, 0.29) is 37.3 Å². The number of aromatic nitrogens is 2. The van der Waals surface area contributed by atoms with Crippen LogP contribution in [0.3, 0.4) is 0 Å². The van der Waals surface area contributed by atoms with Gasteiger partial charge in [-0.2, -0.15) is 0 Å². The van der Waals surface area contributed by atoms with Crippen molar-refractivity contribution in [2.75, 3.05) is 18.9 Å². The Morgan fingerprint density at radius 2 is 1.93 bits per heavy atom. The van der Waals surface area contributed by atoms with Gasteiger partial charge in [-0.25, -0.2) is 14.8 Å². The van der Waals surface area contributed by atoms with Gasteiger partial charge in [0.1, 0.15) is 22.1 Å². The Balaban J connectivity index is 1.99. The number of hydrogen-bond acceptors (Lipinski definition) is 9. The van der Waals surface area contributed by atoms with Crippen LogP contribution >= 0.6 is 11.3 Å². The number of amides is 1. The van der Waals surface area contributed by atoms with Crippen molar-refractivity contribution in [3.05, 3.63) is 16.3 Å². The summed E-state index contributed by atoms with van der Waals surface area (Å²) in [6.07, 6.45) is 1.11. The zero-order valence-electron chi connectivity index (χ0n) is 17.0. The van der Waals surface area contributed by atoms with E-state index in [1.165, 1.54) is 0 Å². The molecule has 0 bridgehead atoms. The Kier molecular flexibility index (Phi) is 7.89. The number of carbonyl (C=O) groups is 3. The number of aryl methyl sites for hydroxylation is 1. The van der Waals surface area contributed by atoms with Crippen molar-refractivity contribution in [3.8, 4) is 0 Å². The van der Waals surface area contributed by atoms with Gasteiger partial charge >= 0.3 is 11.9 Å². The highest BCUT2D eigenvalue weighted by Crippen LogP contribution is 2.33. The van der Waals surface area contributed by atoms with Gasteiger partial charge in [-0.3, -0.25) is 9.59 Å². The highest BCUT2D eigenvalue weighted by atomic mass is 32.1. The van der Waals surface area contributed by atoms with E-state index in [9.17, 15) is 14.4 Å². The van der Waals surface area contributed by atoms with Crippen LogP contribution in [0, 0.1) is 12.8 Å². The molecule has 158 valence electrons. The Bertz CT molecular complexity index is 910. The molecule has 2 heterocycles. The van der Waals surface area contributed by atoms with Gasteiger partial charge < -0.3 is 20.5 Å². The molecule has 0 radical (unpaired) electrons. The summed E-state index contributed by atoms with van der Waals surface area (Å²) in [4.78, 5) is 45.0. The Morgan fingerprint density at radius 1 is 1.21 bits per heavy atom. The third kappa shape index (κ3) is 6.11. The Labute approximate surface area is 173 Å². The van der Waals surface area contributed by atoms with Crippen LogP contribution in [0.15, 0.2) is 0 Å². The molecule has 2 aromatic rings. The molecule has 10 heteroatoms. The number of anilines is 1. The zero-order chi connectivity index (χ0) is 21.6. The second kappa shape index (κ2) is 10.1. The molecule has 2 aromatic heterocycles. The normalized spacial score (nSPS) is 10.9. The maximum atomic E-state index is 12.1. The molecule has 0 fully saturated rings. The summed E-state index contributed by atoms with van der Waals surface area (Å²) < 4.78 is 10.2. The van der Waals surface area contributed by atoms with E-state index in [1.54, 1.807) is 13.8 Å². The lowest BCUT2D eigenvalue weighted by Crippen LogP contribution is -2.30. The average molecular weight is 423 g/mol. The molecule has 0 saturated carbocycles. The molecule has 29 heavy (non-hydrogen) atoms. The second-order valence-electron chi connectivity index (χ2n) is 6.85. The van der Waals surface area contributed by atoms with E-state index >= 15 is 0 Å². The first-order valence-corrected chi connectivity index (χ1v) is 10.2. The first-order valence-electron chi connectivity index (χ1n) is 9.37. The van der Waals surface area contributed by atoms with Gasteiger partial charge in [0, 0.05) is 6.42 Å². The maximum Gasteiger partial charge on any atom is 0.348 e. The predicted molar refractivity (Wildman–Crippen MR) is 109 cm³/mol. The van der Waals surface area contributed by atoms with Gasteiger partial charge in [-0.05, 0) is 31.7 Å². The number of carbonyl (C=O) groups excluding carboxylic acids is 3. The Morgan fingerprint density at radius 3 is 2.59 bits per heavy atom. The molecule has 0 unspecified atom stereocenters. The van der Waals surface area contributed by atoms with Crippen LogP contribution in [0.1, 0.15) is 54.7 Å². The molecule has 0 aliphatic rings. The fourth-order valence-corrected chi connectivity index (χ4v) is 3.65. The van der Waals surface area contributed by atoms with E-state index in [0.29, 0.717) is 33.0 Å². The van der Waals surface area contributed by atoms with Gasteiger partial charge in [0.2, 0.25) is 5.91 Å². The fourth-order valence-electron chi connectivity index (χ4n) is 2.55. The number of thiophene rings is 1. The van der Waals surface area contributed by atoms with Gasteiger partial charge in [0.15, 0.2) is 12.4 Å². The first-order chi connectivity index (χ1) is 13.7. The van der Waals surface area contributed by atoms with Crippen molar-refractivity contribution in [1.82, 2.24) is 15.3 Å². The van der Waals surface area contributed by atoms with E-state index in [1.807, 2.05) is 13.8 Å². The molecule has 9 nitrogen and oxygen atoms in total. The topological polar surface area (TPSA) is 134 Å². The molecule has 0 saturated heterocycles. The van der Waals surface area contributed by atoms with Gasteiger partial charge in [-0.15, -0.1) is 11.3 Å². The number of nitrogens with two attached hydrogens (primary N) is 1. The van der Waals surface area contributed by atoms with Crippen LogP contribution in [0.25, 0.3) is 10.2 Å². The molecule has 3 N–H and O–H groups in total. The molecule has 0 aliphatic heterocycles. The number of nitrogens with zero attached hydrogens (tertiary/aromatic N) is 2. The first kappa shape index (κ1) is 22.5. The van der Waals surface area contributed by atoms with Crippen LogP contribution in [-0.4, -0.2) is 41.0 Å². The number of ether oxygens (including phenoxy) is 2. The molecule has 1 amide bonds. The molecule has 0 aromatic carbocycles. The lowest BCUT2D eigenvalue weighted by molar-refractivity contribution is -0.145. The molecule has 2 rings (SSSR count). The highest BCUT2D eigenvalue weighted by molar-refractivity contribution is 7.20. The summed E-state index contributed by atoms with van der Waals surface area (Å²) in [5, 5.41) is 3.11. The largest absolute Gasteiger partial charge is 0.462 e. The summed E-state index contributed by atoms with van der Waals surface area (Å²) in [6, 6.07) is 0. The zero-order valence-corrected chi connectivity index (χ0v) is 17.9. The summed E-state index contributed by atoms with van der Waals surface area (Å²) in [5.41, 5.74) is 6.67. The predicted octanol–water partition coefficient (Wildman–Crippen LogP) is 2.35. The van der Waals surface area contributed by atoms with E-state index in [0.717, 1.165) is 17.8 Å². The second-order valence-corrected chi connectivity index (χ2v) is 7.85. The van der Waals surface area contributed by atoms with Crippen LogP contribution in [0.4, 0.5) is 5.82 Å². The van der Waals surface area contributed by atoms with Gasteiger partial charge in [0.05, 0.1) is 12.0 Å². The highest BCUT2D eigenvalue weighted by Gasteiger charge is 2.20.